The molecular weight excluding hydrogens is 410 g/mol. The summed E-state index contributed by atoms with van der Waals surface area (Å²) in [6, 6.07) is 22.0. The Bertz CT molecular complexity index is 1100. The molecule has 3 aromatic rings. The van der Waals surface area contributed by atoms with Crippen molar-refractivity contribution in [1.82, 2.24) is 4.90 Å². The number of halogens is 1. The van der Waals surface area contributed by atoms with Crippen molar-refractivity contribution in [2.75, 3.05) is 22.6 Å². The molecule has 2 amide bonds. The third-order valence-electron chi connectivity index (χ3n) is 5.45. The van der Waals surface area contributed by atoms with Crippen LogP contribution >= 0.6 is 8.86 Å². The molecule has 4 rings (SSSR count). The summed E-state index contributed by atoms with van der Waals surface area (Å²) in [5.41, 5.74) is 5.20. The maximum absolute atomic E-state index is 13.1. The summed E-state index contributed by atoms with van der Waals surface area (Å²) in [5, 5.41) is 6.39. The van der Waals surface area contributed by atoms with Gasteiger partial charge in [0, 0.05) is 18.4 Å². The highest BCUT2D eigenvalue weighted by Crippen LogP contribution is 2.38. The van der Waals surface area contributed by atoms with Crippen molar-refractivity contribution in [2.45, 2.75) is 19.5 Å². The number of carbonyl (C=O) groups excluding carboxylic acids is 1. The SMILES string of the molecule is C[C@H]1c2ccc(NC(=P)Nc3ccc(F)cc3)cc2N(Cc2ccccc2)C(=O)N1C. The lowest BCUT2D eigenvalue weighted by Gasteiger charge is -2.39. The largest absolute Gasteiger partial charge is 0.338 e. The molecule has 3 aromatic carbocycles. The Morgan fingerprint density at radius 2 is 1.65 bits per heavy atom. The van der Waals surface area contributed by atoms with Crippen molar-refractivity contribution in [3.8, 4) is 0 Å². The molecule has 1 atom stereocenters. The van der Waals surface area contributed by atoms with Crippen LogP contribution in [0.2, 0.25) is 0 Å². The Balaban J connectivity index is 1.59. The number of benzene rings is 3. The zero-order chi connectivity index (χ0) is 22.0. The van der Waals surface area contributed by atoms with Gasteiger partial charge >= 0.3 is 6.03 Å². The molecule has 0 spiro atoms. The number of carbonyl (C=O) groups is 1. The van der Waals surface area contributed by atoms with Crippen LogP contribution in [0.25, 0.3) is 0 Å². The molecule has 31 heavy (non-hydrogen) atoms. The molecular formula is C24H24FN4OP. The van der Waals surface area contributed by atoms with E-state index in [0.29, 0.717) is 12.1 Å². The standard InChI is InChI=1S/C24H24FN4OP/c1-16-21-13-12-20(27-23(31)26-19-10-8-18(25)9-11-19)14-22(21)29(24(30)28(16)2)15-17-6-4-3-5-7-17/h3-14,16,26-27,31H,15H2,1-2H3/t16-/m0/s1. The second kappa shape index (κ2) is 8.78. The van der Waals surface area contributed by atoms with Crippen molar-refractivity contribution in [3.05, 3.63) is 89.7 Å². The number of nitrogens with one attached hydrogen (secondary N) is 2. The minimum Gasteiger partial charge on any atom is -0.338 e. The minimum atomic E-state index is -0.286. The number of amides is 2. The van der Waals surface area contributed by atoms with E-state index in [4.69, 9.17) is 0 Å². The van der Waals surface area contributed by atoms with Crippen LogP contribution in [-0.4, -0.2) is 23.5 Å². The Hall–Kier alpha value is -3.37. The van der Waals surface area contributed by atoms with Gasteiger partial charge in [0.1, 0.15) is 11.4 Å². The summed E-state index contributed by atoms with van der Waals surface area (Å²) >= 11 is 0. The number of fused-ring (bicyclic) bond motifs is 1. The Kier molecular flexibility index (Phi) is 5.92. The normalized spacial score (nSPS) is 15.5. The molecule has 7 heteroatoms. The lowest BCUT2D eigenvalue weighted by Crippen LogP contribution is -2.46. The fraction of sp³-hybridized carbons (Fsp3) is 0.167. The van der Waals surface area contributed by atoms with E-state index in [1.54, 1.807) is 21.9 Å². The van der Waals surface area contributed by atoms with Gasteiger partial charge in [-0.1, -0.05) is 45.3 Å². The van der Waals surface area contributed by atoms with Crippen LogP contribution in [0.15, 0.2) is 72.8 Å². The number of rotatable bonds is 6. The first-order valence-corrected chi connectivity index (χ1v) is 10.5. The topological polar surface area (TPSA) is 47.6 Å². The Morgan fingerprint density at radius 3 is 2.35 bits per heavy atom. The minimum absolute atomic E-state index is 0.0205. The first-order chi connectivity index (χ1) is 14.9. The first kappa shape index (κ1) is 20.9. The van der Waals surface area contributed by atoms with Gasteiger partial charge in [-0.2, -0.15) is 0 Å². The molecule has 0 aliphatic carbocycles. The van der Waals surface area contributed by atoms with Crippen molar-refractivity contribution < 1.29 is 9.18 Å². The monoisotopic (exact) mass is 434 g/mol. The van der Waals surface area contributed by atoms with E-state index < -0.39 is 0 Å². The number of urea groups is 1. The molecule has 0 saturated heterocycles. The third kappa shape index (κ3) is 4.54. The maximum Gasteiger partial charge on any atom is 0.325 e. The van der Waals surface area contributed by atoms with Crippen molar-refractivity contribution in [1.29, 1.82) is 0 Å². The summed E-state index contributed by atoms with van der Waals surface area (Å²) in [7, 11) is 5.37. The average Bonchev–Trinajstić information content (AvgIpc) is 2.77. The molecule has 0 bridgehead atoms. The molecule has 1 aliphatic rings. The summed E-state index contributed by atoms with van der Waals surface area (Å²) in [4.78, 5) is 16.6. The van der Waals surface area contributed by atoms with E-state index in [1.807, 2.05) is 62.5 Å². The molecule has 1 heterocycles. The average molecular weight is 434 g/mol. The second-order valence-electron chi connectivity index (χ2n) is 7.55. The maximum atomic E-state index is 13.1. The summed E-state index contributed by atoms with van der Waals surface area (Å²) in [6.07, 6.45) is 0. The van der Waals surface area contributed by atoms with E-state index in [9.17, 15) is 9.18 Å². The number of anilines is 3. The number of nitrogens with zero attached hydrogens (tertiary/aromatic N) is 2. The second-order valence-corrected chi connectivity index (χ2v) is 8.05. The van der Waals surface area contributed by atoms with E-state index in [2.05, 4.69) is 19.5 Å². The van der Waals surface area contributed by atoms with Gasteiger partial charge in [-0.15, -0.1) is 0 Å². The molecule has 1 aliphatic heterocycles. The Labute approximate surface area is 183 Å². The molecule has 0 saturated carbocycles. The van der Waals surface area contributed by atoms with Crippen LogP contribution in [0.4, 0.5) is 26.2 Å². The van der Waals surface area contributed by atoms with Crippen molar-refractivity contribution >= 4 is 37.5 Å². The predicted molar refractivity (Wildman–Crippen MR) is 128 cm³/mol. The zero-order valence-corrected chi connectivity index (χ0v) is 18.4. The van der Waals surface area contributed by atoms with Gasteiger partial charge in [0.2, 0.25) is 0 Å². The number of hydrogen-bond donors (Lipinski definition) is 2. The van der Waals surface area contributed by atoms with Crippen LogP contribution in [0.1, 0.15) is 24.1 Å². The zero-order valence-electron chi connectivity index (χ0n) is 17.4. The molecule has 0 unspecified atom stereocenters. The van der Waals surface area contributed by atoms with Crippen molar-refractivity contribution in [2.24, 2.45) is 0 Å². The van der Waals surface area contributed by atoms with Gasteiger partial charge in [0.05, 0.1) is 18.3 Å². The van der Waals surface area contributed by atoms with Crippen molar-refractivity contribution in [3.63, 3.8) is 0 Å². The molecule has 0 radical (unpaired) electrons. The van der Waals surface area contributed by atoms with E-state index in [1.165, 1.54) is 12.1 Å². The van der Waals surface area contributed by atoms with Gasteiger partial charge in [-0.05, 0) is 54.4 Å². The van der Waals surface area contributed by atoms with Gasteiger partial charge in [-0.25, -0.2) is 9.18 Å². The highest BCUT2D eigenvalue weighted by atomic mass is 31.0. The van der Waals surface area contributed by atoms with Crippen LogP contribution in [0.3, 0.4) is 0 Å². The first-order valence-electron chi connectivity index (χ1n) is 10.0. The highest BCUT2D eigenvalue weighted by Gasteiger charge is 2.33. The Morgan fingerprint density at radius 1 is 1.00 bits per heavy atom. The van der Waals surface area contributed by atoms with Crippen LogP contribution in [-0.2, 0) is 6.54 Å². The summed E-state index contributed by atoms with van der Waals surface area (Å²) in [5.74, 6) is -0.286. The van der Waals surface area contributed by atoms with Gasteiger partial charge in [0.15, 0.2) is 0 Å². The predicted octanol–water partition coefficient (Wildman–Crippen LogP) is 5.71. The van der Waals surface area contributed by atoms with E-state index in [0.717, 1.165) is 28.2 Å². The van der Waals surface area contributed by atoms with E-state index >= 15 is 0 Å². The fourth-order valence-corrected chi connectivity index (χ4v) is 3.94. The van der Waals surface area contributed by atoms with Crippen LogP contribution in [0, 0.1) is 5.82 Å². The third-order valence-corrected chi connectivity index (χ3v) is 5.70. The highest BCUT2D eigenvalue weighted by molar-refractivity contribution is 7.22. The van der Waals surface area contributed by atoms with Crippen LogP contribution < -0.4 is 15.5 Å². The molecule has 0 fully saturated rings. The van der Waals surface area contributed by atoms with Gasteiger partial charge in [-0.3, -0.25) is 4.90 Å². The van der Waals surface area contributed by atoms with E-state index in [-0.39, 0.29) is 17.9 Å². The van der Waals surface area contributed by atoms with Gasteiger partial charge in [0.25, 0.3) is 0 Å². The number of hydrogen-bond acceptors (Lipinski definition) is 1. The molecule has 0 aromatic heterocycles. The molecule has 5 nitrogen and oxygen atoms in total. The summed E-state index contributed by atoms with van der Waals surface area (Å²) < 4.78 is 13.1. The summed E-state index contributed by atoms with van der Waals surface area (Å²) in [6.45, 7) is 2.52. The molecule has 158 valence electrons. The van der Waals surface area contributed by atoms with Crippen LogP contribution in [0.5, 0.6) is 0 Å². The quantitative estimate of drug-likeness (QED) is 0.489. The smallest absolute Gasteiger partial charge is 0.325 e. The fourth-order valence-electron chi connectivity index (χ4n) is 3.65. The van der Waals surface area contributed by atoms with Gasteiger partial charge < -0.3 is 15.5 Å². The molecule has 2 N–H and O–H groups in total. The lowest BCUT2D eigenvalue weighted by molar-refractivity contribution is 0.196. The lowest BCUT2D eigenvalue weighted by atomic mass is 10.00.